The number of nitrogens with zero attached hydrogens (tertiary/aromatic N) is 3. The Labute approximate surface area is 161 Å². The molecular weight excluding hydrogens is 342 g/mol. The van der Waals surface area contributed by atoms with E-state index in [1.165, 1.54) is 0 Å². The minimum atomic E-state index is 0.0719. The number of likely N-dealkylation sites (tertiary alicyclic amines) is 2. The third-order valence-corrected chi connectivity index (χ3v) is 6.60. The number of aromatic nitrogens is 1. The van der Waals surface area contributed by atoms with Gasteiger partial charge < -0.3 is 19.3 Å². The molecule has 4 rings (SSSR count). The van der Waals surface area contributed by atoms with Crippen molar-refractivity contribution in [2.75, 3.05) is 52.5 Å². The maximum absolute atomic E-state index is 12.8. The van der Waals surface area contributed by atoms with Crippen LogP contribution in [0.15, 0.2) is 24.4 Å². The smallest absolute Gasteiger partial charge is 0.228 e. The minimum Gasteiger partial charge on any atom is -0.381 e. The Morgan fingerprint density at radius 2 is 2.33 bits per heavy atom. The van der Waals surface area contributed by atoms with Gasteiger partial charge >= 0.3 is 0 Å². The molecule has 1 spiro atoms. The highest BCUT2D eigenvalue weighted by Crippen LogP contribution is 2.44. The summed E-state index contributed by atoms with van der Waals surface area (Å²) in [6, 6.07) is 5.92. The summed E-state index contributed by atoms with van der Waals surface area (Å²) in [5.41, 5.74) is 1.15. The van der Waals surface area contributed by atoms with Crippen molar-refractivity contribution >= 4 is 5.91 Å². The summed E-state index contributed by atoms with van der Waals surface area (Å²) in [5.74, 6) is 0.842. The number of hydrogen-bond acceptors (Lipinski definition) is 5. The first-order valence-corrected chi connectivity index (χ1v) is 10.3. The van der Waals surface area contributed by atoms with Crippen molar-refractivity contribution in [2.45, 2.75) is 26.4 Å². The average Bonchev–Trinajstić information content (AvgIpc) is 3.44. The molecule has 6 nitrogen and oxygen atoms in total. The third-order valence-electron chi connectivity index (χ3n) is 6.60. The number of hydrogen-bond donors (Lipinski definition) is 0. The van der Waals surface area contributed by atoms with Gasteiger partial charge in [0.15, 0.2) is 0 Å². The Kier molecular flexibility index (Phi) is 5.76. The largest absolute Gasteiger partial charge is 0.381 e. The lowest BCUT2D eigenvalue weighted by Gasteiger charge is -2.31. The maximum Gasteiger partial charge on any atom is 0.228 e. The fourth-order valence-corrected chi connectivity index (χ4v) is 4.94. The first kappa shape index (κ1) is 18.8. The van der Waals surface area contributed by atoms with E-state index in [9.17, 15) is 4.79 Å². The Morgan fingerprint density at radius 1 is 1.41 bits per heavy atom. The SMILES string of the molecule is CCN1C[C@H](COCc2ccccn2)[C@]2(CCN(C(=O)C3CCOC3)C2)C1. The molecule has 1 unspecified atom stereocenters. The summed E-state index contributed by atoms with van der Waals surface area (Å²) in [6.07, 6.45) is 3.77. The summed E-state index contributed by atoms with van der Waals surface area (Å²) in [5, 5.41) is 0. The van der Waals surface area contributed by atoms with Crippen LogP contribution in [0, 0.1) is 17.3 Å². The van der Waals surface area contributed by atoms with Gasteiger partial charge in [0.05, 0.1) is 31.4 Å². The number of carbonyl (C=O) groups is 1. The average molecular weight is 373 g/mol. The highest BCUT2D eigenvalue weighted by atomic mass is 16.5. The molecule has 0 radical (unpaired) electrons. The van der Waals surface area contributed by atoms with E-state index >= 15 is 0 Å². The van der Waals surface area contributed by atoms with Crippen LogP contribution in [0.3, 0.4) is 0 Å². The van der Waals surface area contributed by atoms with E-state index in [1.807, 2.05) is 24.4 Å². The fourth-order valence-electron chi connectivity index (χ4n) is 4.94. The van der Waals surface area contributed by atoms with Gasteiger partial charge in [-0.25, -0.2) is 0 Å². The van der Waals surface area contributed by atoms with Crippen molar-refractivity contribution in [2.24, 2.45) is 17.3 Å². The van der Waals surface area contributed by atoms with Crippen molar-refractivity contribution in [1.82, 2.24) is 14.8 Å². The van der Waals surface area contributed by atoms with Crippen molar-refractivity contribution < 1.29 is 14.3 Å². The van der Waals surface area contributed by atoms with Crippen LogP contribution < -0.4 is 0 Å². The number of rotatable bonds is 6. The molecule has 1 amide bonds. The second kappa shape index (κ2) is 8.25. The molecule has 0 N–H and O–H groups in total. The van der Waals surface area contributed by atoms with E-state index in [0.29, 0.717) is 25.0 Å². The summed E-state index contributed by atoms with van der Waals surface area (Å²) in [7, 11) is 0. The standard InChI is InChI=1S/C21H31N3O3/c1-2-23-11-18(13-27-14-19-5-3-4-8-22-19)21(15-23)7-9-24(16-21)20(25)17-6-10-26-12-17/h3-5,8,17-18H,2,6-7,9-16H2,1H3/t17?,18-,21-/m1/s1. The molecular formula is C21H31N3O3. The summed E-state index contributed by atoms with van der Waals surface area (Å²) >= 11 is 0. The first-order chi connectivity index (χ1) is 13.2. The highest BCUT2D eigenvalue weighted by Gasteiger charge is 2.51. The molecule has 0 aliphatic carbocycles. The molecule has 1 aromatic heterocycles. The quantitative estimate of drug-likeness (QED) is 0.761. The summed E-state index contributed by atoms with van der Waals surface area (Å²) in [6.45, 7) is 9.78. The second-order valence-electron chi connectivity index (χ2n) is 8.29. The van der Waals surface area contributed by atoms with Crippen LogP contribution in [0.4, 0.5) is 0 Å². The molecule has 4 heterocycles. The molecule has 3 aliphatic heterocycles. The first-order valence-electron chi connectivity index (χ1n) is 10.3. The molecule has 0 saturated carbocycles. The number of carbonyl (C=O) groups excluding carboxylic acids is 1. The molecule has 0 bridgehead atoms. The Bertz CT molecular complexity index is 635. The van der Waals surface area contributed by atoms with E-state index in [-0.39, 0.29) is 11.3 Å². The zero-order valence-corrected chi connectivity index (χ0v) is 16.3. The van der Waals surface area contributed by atoms with Crippen molar-refractivity contribution in [3.05, 3.63) is 30.1 Å². The van der Waals surface area contributed by atoms with Gasteiger partial charge in [-0.1, -0.05) is 13.0 Å². The van der Waals surface area contributed by atoms with Gasteiger partial charge in [0.1, 0.15) is 0 Å². The predicted octanol–water partition coefficient (Wildman–Crippen LogP) is 1.81. The van der Waals surface area contributed by atoms with Gasteiger partial charge in [-0.15, -0.1) is 0 Å². The third kappa shape index (κ3) is 4.03. The van der Waals surface area contributed by atoms with Crippen LogP contribution in [0.2, 0.25) is 0 Å². The molecule has 6 heteroatoms. The van der Waals surface area contributed by atoms with Crippen LogP contribution in [0.1, 0.15) is 25.5 Å². The Hall–Kier alpha value is -1.50. The van der Waals surface area contributed by atoms with Gasteiger partial charge in [-0.3, -0.25) is 9.78 Å². The highest BCUT2D eigenvalue weighted by molar-refractivity contribution is 5.79. The molecule has 3 saturated heterocycles. The number of ether oxygens (including phenoxy) is 2. The van der Waals surface area contributed by atoms with Crippen LogP contribution in [0.5, 0.6) is 0 Å². The van der Waals surface area contributed by atoms with E-state index in [0.717, 1.165) is 64.5 Å². The Morgan fingerprint density at radius 3 is 3.07 bits per heavy atom. The van der Waals surface area contributed by atoms with Gasteiger partial charge in [-0.2, -0.15) is 0 Å². The molecule has 3 fully saturated rings. The Balaban J connectivity index is 1.37. The van der Waals surface area contributed by atoms with E-state index < -0.39 is 0 Å². The summed E-state index contributed by atoms with van der Waals surface area (Å²) in [4.78, 5) is 21.8. The van der Waals surface area contributed by atoms with Crippen molar-refractivity contribution in [3.63, 3.8) is 0 Å². The number of amides is 1. The van der Waals surface area contributed by atoms with Crippen LogP contribution in [0.25, 0.3) is 0 Å². The molecule has 0 aromatic carbocycles. The molecule has 148 valence electrons. The van der Waals surface area contributed by atoms with Gasteiger partial charge in [0, 0.05) is 50.3 Å². The zero-order valence-electron chi connectivity index (χ0n) is 16.3. The van der Waals surface area contributed by atoms with E-state index in [2.05, 4.69) is 21.7 Å². The van der Waals surface area contributed by atoms with Gasteiger partial charge in [0.25, 0.3) is 0 Å². The number of pyridine rings is 1. The van der Waals surface area contributed by atoms with Crippen LogP contribution in [-0.4, -0.2) is 73.2 Å². The minimum absolute atomic E-state index is 0.0719. The predicted molar refractivity (Wildman–Crippen MR) is 102 cm³/mol. The van der Waals surface area contributed by atoms with Crippen molar-refractivity contribution in [1.29, 1.82) is 0 Å². The molecule has 1 aromatic rings. The molecule has 3 aliphatic rings. The second-order valence-corrected chi connectivity index (χ2v) is 8.29. The lowest BCUT2D eigenvalue weighted by atomic mass is 9.77. The summed E-state index contributed by atoms with van der Waals surface area (Å²) < 4.78 is 11.5. The van der Waals surface area contributed by atoms with E-state index in [1.54, 1.807) is 0 Å². The fraction of sp³-hybridized carbons (Fsp3) is 0.714. The molecule has 27 heavy (non-hydrogen) atoms. The monoisotopic (exact) mass is 373 g/mol. The van der Waals surface area contributed by atoms with Crippen LogP contribution >= 0.6 is 0 Å². The van der Waals surface area contributed by atoms with Gasteiger partial charge in [-0.05, 0) is 31.5 Å². The van der Waals surface area contributed by atoms with Crippen LogP contribution in [-0.2, 0) is 20.9 Å². The molecule has 3 atom stereocenters. The van der Waals surface area contributed by atoms with Gasteiger partial charge in [0.2, 0.25) is 5.91 Å². The van der Waals surface area contributed by atoms with Crippen molar-refractivity contribution in [3.8, 4) is 0 Å². The lowest BCUT2D eigenvalue weighted by molar-refractivity contribution is -0.135. The maximum atomic E-state index is 12.8. The normalized spacial score (nSPS) is 31.2. The topological polar surface area (TPSA) is 54.9 Å². The lowest BCUT2D eigenvalue weighted by Crippen LogP contribution is -2.40. The van der Waals surface area contributed by atoms with E-state index in [4.69, 9.17) is 9.47 Å². The zero-order chi connectivity index (χ0) is 18.7.